The van der Waals surface area contributed by atoms with Gasteiger partial charge in [-0.1, -0.05) is 23.2 Å². The van der Waals surface area contributed by atoms with E-state index in [0.29, 0.717) is 18.8 Å². The maximum Gasteiger partial charge on any atom is 0.305 e. The number of carboxylic acid groups (broad SMARTS) is 1. The number of carboxylic acids is 1. The first-order valence-corrected chi connectivity index (χ1v) is 6.85. The van der Waals surface area contributed by atoms with E-state index in [-0.39, 0.29) is 28.8 Å². The number of aliphatic carboxylic acids is 1. The highest BCUT2D eigenvalue weighted by molar-refractivity contribution is 6.39. The topological polar surface area (TPSA) is 92.9 Å². The van der Waals surface area contributed by atoms with E-state index in [9.17, 15) is 14.9 Å². The summed E-state index contributed by atoms with van der Waals surface area (Å²) in [7, 11) is 0. The lowest BCUT2D eigenvalue weighted by molar-refractivity contribution is -0.384. The Morgan fingerprint density at radius 2 is 2.10 bits per heavy atom. The highest BCUT2D eigenvalue weighted by Crippen LogP contribution is 2.39. The minimum Gasteiger partial charge on any atom is -0.481 e. The molecule has 0 amide bonds. The first-order valence-electron chi connectivity index (χ1n) is 6.09. The van der Waals surface area contributed by atoms with Gasteiger partial charge in [0.25, 0.3) is 5.69 Å². The predicted molar refractivity (Wildman–Crippen MR) is 77.3 cm³/mol. The summed E-state index contributed by atoms with van der Waals surface area (Å²) in [4.78, 5) is 22.8. The number of non-ortho nitro benzene ring substituents is 1. The van der Waals surface area contributed by atoms with Crippen LogP contribution in [0.1, 0.15) is 6.42 Å². The zero-order valence-corrected chi connectivity index (χ0v) is 12.3. The van der Waals surface area contributed by atoms with Crippen molar-refractivity contribution >= 4 is 40.5 Å². The minimum absolute atomic E-state index is 0.117. The van der Waals surface area contributed by atoms with Crippen molar-refractivity contribution in [2.75, 3.05) is 24.7 Å². The second kappa shape index (κ2) is 6.46. The Bertz CT molecular complexity index is 558. The van der Waals surface area contributed by atoms with Crippen LogP contribution >= 0.6 is 23.2 Å². The SMILES string of the molecule is O=C(O)CC1COCCN1c1c(Cl)cc([N+](=O)[O-])cc1Cl. The molecule has 0 aromatic heterocycles. The number of nitrogens with zero attached hydrogens (tertiary/aromatic N) is 2. The van der Waals surface area contributed by atoms with Gasteiger partial charge in [-0.25, -0.2) is 0 Å². The van der Waals surface area contributed by atoms with Gasteiger partial charge in [-0.2, -0.15) is 0 Å². The number of hydrogen-bond donors (Lipinski definition) is 1. The first-order chi connectivity index (χ1) is 9.90. The van der Waals surface area contributed by atoms with E-state index in [1.54, 1.807) is 4.90 Å². The number of halogens is 2. The Morgan fingerprint density at radius 1 is 1.48 bits per heavy atom. The van der Waals surface area contributed by atoms with Crippen molar-refractivity contribution in [1.82, 2.24) is 0 Å². The number of carbonyl (C=O) groups is 1. The fraction of sp³-hybridized carbons (Fsp3) is 0.417. The highest BCUT2D eigenvalue weighted by atomic mass is 35.5. The molecule has 0 aliphatic carbocycles. The van der Waals surface area contributed by atoms with E-state index >= 15 is 0 Å². The number of nitro benzene ring substituents is 1. The molecule has 0 bridgehead atoms. The van der Waals surface area contributed by atoms with Crippen molar-refractivity contribution in [2.45, 2.75) is 12.5 Å². The summed E-state index contributed by atoms with van der Waals surface area (Å²) in [6, 6.07) is 1.99. The third-order valence-corrected chi connectivity index (χ3v) is 3.71. The fourth-order valence-corrected chi connectivity index (χ4v) is 2.94. The van der Waals surface area contributed by atoms with Gasteiger partial charge in [0.05, 0.1) is 46.3 Å². The molecular weight excluding hydrogens is 323 g/mol. The average Bonchev–Trinajstić information content (AvgIpc) is 2.39. The molecule has 1 atom stereocenters. The Hall–Kier alpha value is -1.57. The third-order valence-electron chi connectivity index (χ3n) is 3.14. The van der Waals surface area contributed by atoms with Gasteiger partial charge in [0.1, 0.15) is 0 Å². The van der Waals surface area contributed by atoms with Crippen LogP contribution in [0, 0.1) is 10.1 Å². The van der Waals surface area contributed by atoms with Crippen molar-refractivity contribution in [3.8, 4) is 0 Å². The quantitative estimate of drug-likeness (QED) is 0.671. The molecule has 1 unspecified atom stereocenters. The van der Waals surface area contributed by atoms with Crippen molar-refractivity contribution in [2.24, 2.45) is 0 Å². The predicted octanol–water partition coefficient (Wildman–Crippen LogP) is 2.58. The maximum atomic E-state index is 10.9. The molecule has 114 valence electrons. The number of morpholine rings is 1. The summed E-state index contributed by atoms with van der Waals surface area (Å²) < 4.78 is 5.28. The third kappa shape index (κ3) is 3.55. The molecule has 7 nitrogen and oxygen atoms in total. The molecule has 2 rings (SSSR count). The van der Waals surface area contributed by atoms with Gasteiger partial charge in [-0.15, -0.1) is 0 Å². The second-order valence-corrected chi connectivity index (χ2v) is 5.35. The van der Waals surface area contributed by atoms with Gasteiger partial charge in [0.15, 0.2) is 0 Å². The van der Waals surface area contributed by atoms with E-state index in [1.807, 2.05) is 0 Å². The van der Waals surface area contributed by atoms with Gasteiger partial charge in [0, 0.05) is 18.7 Å². The molecule has 0 spiro atoms. The molecular formula is C12H12Cl2N2O5. The number of rotatable bonds is 4. The summed E-state index contributed by atoms with van der Waals surface area (Å²) in [5.41, 5.74) is 0.190. The summed E-state index contributed by atoms with van der Waals surface area (Å²) in [6.45, 7) is 1.05. The summed E-state index contributed by atoms with van der Waals surface area (Å²) >= 11 is 12.2. The Kier molecular flexibility index (Phi) is 4.87. The van der Waals surface area contributed by atoms with Gasteiger partial charge in [-0.05, 0) is 0 Å². The lowest BCUT2D eigenvalue weighted by Crippen LogP contribution is -2.47. The lowest BCUT2D eigenvalue weighted by Gasteiger charge is -2.37. The van der Waals surface area contributed by atoms with Crippen LogP contribution in [-0.2, 0) is 9.53 Å². The van der Waals surface area contributed by atoms with Crippen LogP contribution < -0.4 is 4.90 Å². The average molecular weight is 335 g/mol. The molecule has 1 aromatic carbocycles. The fourth-order valence-electron chi connectivity index (χ4n) is 2.25. The van der Waals surface area contributed by atoms with Gasteiger partial charge >= 0.3 is 5.97 Å². The highest BCUT2D eigenvalue weighted by Gasteiger charge is 2.29. The van der Waals surface area contributed by atoms with Crippen LogP contribution in [0.5, 0.6) is 0 Å². The van der Waals surface area contributed by atoms with Gasteiger partial charge in [-0.3, -0.25) is 14.9 Å². The number of nitro groups is 1. The Morgan fingerprint density at radius 3 is 2.62 bits per heavy atom. The van der Waals surface area contributed by atoms with Gasteiger partial charge < -0.3 is 14.7 Å². The number of benzene rings is 1. The lowest BCUT2D eigenvalue weighted by atomic mass is 10.1. The summed E-state index contributed by atoms with van der Waals surface area (Å²) in [5, 5.41) is 20.0. The molecule has 21 heavy (non-hydrogen) atoms. The van der Waals surface area contributed by atoms with Crippen LogP contribution in [0.3, 0.4) is 0 Å². The second-order valence-electron chi connectivity index (χ2n) is 4.54. The van der Waals surface area contributed by atoms with E-state index in [4.69, 9.17) is 33.0 Å². The maximum absolute atomic E-state index is 10.9. The van der Waals surface area contributed by atoms with Crippen LogP contribution in [0.15, 0.2) is 12.1 Å². The minimum atomic E-state index is -0.968. The number of anilines is 1. The standard InChI is InChI=1S/C12H12Cl2N2O5/c13-9-3-7(16(19)20)4-10(14)12(9)15-1-2-21-6-8(15)5-11(17)18/h3-4,8H,1-2,5-6H2,(H,17,18). The molecule has 1 fully saturated rings. The van der Waals surface area contributed by atoms with Crippen molar-refractivity contribution in [1.29, 1.82) is 0 Å². The molecule has 0 saturated carbocycles. The van der Waals surface area contributed by atoms with Crippen molar-refractivity contribution in [3.05, 3.63) is 32.3 Å². The number of hydrogen-bond acceptors (Lipinski definition) is 5. The van der Waals surface area contributed by atoms with Crippen LogP contribution in [0.25, 0.3) is 0 Å². The van der Waals surface area contributed by atoms with Gasteiger partial charge in [0.2, 0.25) is 0 Å². The molecule has 9 heteroatoms. The molecule has 1 heterocycles. The number of ether oxygens (including phenoxy) is 1. The summed E-state index contributed by atoms with van der Waals surface area (Å²) in [5.74, 6) is -0.968. The molecule has 1 aromatic rings. The molecule has 0 radical (unpaired) electrons. The molecule has 1 saturated heterocycles. The Balaban J connectivity index is 2.38. The monoisotopic (exact) mass is 334 g/mol. The zero-order valence-electron chi connectivity index (χ0n) is 10.8. The van der Waals surface area contributed by atoms with Crippen LogP contribution in [0.2, 0.25) is 10.0 Å². The van der Waals surface area contributed by atoms with E-state index < -0.39 is 16.9 Å². The van der Waals surface area contributed by atoms with E-state index in [0.717, 1.165) is 0 Å². The van der Waals surface area contributed by atoms with Crippen LogP contribution in [-0.4, -0.2) is 41.8 Å². The smallest absolute Gasteiger partial charge is 0.305 e. The zero-order chi connectivity index (χ0) is 15.6. The van der Waals surface area contributed by atoms with E-state index in [1.165, 1.54) is 12.1 Å². The molecule has 1 aliphatic heterocycles. The van der Waals surface area contributed by atoms with Crippen molar-refractivity contribution < 1.29 is 19.6 Å². The molecule has 1 aliphatic rings. The first kappa shape index (κ1) is 15.8. The van der Waals surface area contributed by atoms with E-state index in [2.05, 4.69) is 0 Å². The molecule has 1 N–H and O–H groups in total. The summed E-state index contributed by atoms with van der Waals surface area (Å²) in [6.07, 6.45) is -0.135. The van der Waals surface area contributed by atoms with Crippen LogP contribution in [0.4, 0.5) is 11.4 Å². The largest absolute Gasteiger partial charge is 0.481 e. The normalized spacial score (nSPS) is 18.6. The van der Waals surface area contributed by atoms with Crippen molar-refractivity contribution in [3.63, 3.8) is 0 Å². The Labute approximate surface area is 130 Å².